The first-order valence-electron chi connectivity index (χ1n) is 7.10. The Kier molecular flexibility index (Phi) is 3.41. The lowest BCUT2D eigenvalue weighted by molar-refractivity contribution is -0.137. The molecular weight excluding hydrogens is 248 g/mol. The van der Waals surface area contributed by atoms with Crippen LogP contribution in [-0.4, -0.2) is 48.2 Å². The van der Waals surface area contributed by atoms with E-state index in [1.165, 1.54) is 0 Å². The van der Waals surface area contributed by atoms with Crippen LogP contribution in [-0.2, 0) is 14.3 Å². The molecule has 0 aromatic rings. The number of hydrogen-bond acceptors (Lipinski definition) is 5. The number of rotatable bonds is 2. The molecule has 6 atom stereocenters. The lowest BCUT2D eigenvalue weighted by Crippen LogP contribution is -2.42. The van der Waals surface area contributed by atoms with Gasteiger partial charge < -0.3 is 19.7 Å². The maximum absolute atomic E-state index is 12.4. The zero-order chi connectivity index (χ0) is 13.6. The van der Waals surface area contributed by atoms with E-state index in [-0.39, 0.29) is 36.6 Å². The molecule has 1 saturated heterocycles. The van der Waals surface area contributed by atoms with E-state index < -0.39 is 11.5 Å². The third-order valence-corrected chi connectivity index (χ3v) is 5.42. The summed E-state index contributed by atoms with van der Waals surface area (Å²) < 4.78 is 11.0. The largest absolute Gasteiger partial charge is 0.396 e. The monoisotopic (exact) mass is 270 g/mol. The number of aliphatic hydroxyl groups is 2. The molecule has 2 unspecified atom stereocenters. The van der Waals surface area contributed by atoms with Crippen LogP contribution in [0.3, 0.4) is 0 Å². The second-order valence-corrected chi connectivity index (χ2v) is 6.25. The van der Waals surface area contributed by atoms with Gasteiger partial charge >= 0.3 is 0 Å². The van der Waals surface area contributed by atoms with Gasteiger partial charge in [0.1, 0.15) is 5.78 Å². The molecule has 0 amide bonds. The Hall–Kier alpha value is -0.490. The summed E-state index contributed by atoms with van der Waals surface area (Å²) in [6.07, 6.45) is 2.15. The van der Waals surface area contributed by atoms with Gasteiger partial charge in [0.2, 0.25) is 0 Å². The molecule has 1 aliphatic heterocycles. The van der Waals surface area contributed by atoms with Crippen molar-refractivity contribution in [3.63, 3.8) is 0 Å². The van der Waals surface area contributed by atoms with Crippen LogP contribution in [0.5, 0.6) is 0 Å². The predicted molar refractivity (Wildman–Crippen MR) is 66.3 cm³/mol. The van der Waals surface area contributed by atoms with E-state index >= 15 is 0 Å². The topological polar surface area (TPSA) is 76.0 Å². The highest BCUT2D eigenvalue weighted by atomic mass is 16.7. The van der Waals surface area contributed by atoms with Gasteiger partial charge in [0.05, 0.1) is 18.8 Å². The molecule has 2 N–H and O–H groups in total. The van der Waals surface area contributed by atoms with Crippen molar-refractivity contribution in [2.24, 2.45) is 17.3 Å². The predicted octanol–water partition coefficient (Wildman–Crippen LogP) is 0.476. The number of carbonyl (C=O) groups excluding carboxylic acids is 1. The Bertz CT molecular complexity index is 371. The van der Waals surface area contributed by atoms with Gasteiger partial charge in [-0.2, -0.15) is 0 Å². The van der Waals surface area contributed by atoms with Crippen LogP contribution in [0.2, 0.25) is 0 Å². The van der Waals surface area contributed by atoms with Crippen LogP contribution in [0.1, 0.15) is 32.1 Å². The van der Waals surface area contributed by atoms with Gasteiger partial charge in [0, 0.05) is 31.3 Å². The summed E-state index contributed by atoms with van der Waals surface area (Å²) in [5, 5.41) is 20.1. The average Bonchev–Trinajstić information content (AvgIpc) is 2.90. The summed E-state index contributed by atoms with van der Waals surface area (Å²) >= 11 is 0. The van der Waals surface area contributed by atoms with Crippen LogP contribution in [0.15, 0.2) is 0 Å². The quantitative estimate of drug-likeness (QED) is 0.763. The standard InChI is InChI=1S/C14H22O5/c1-18-13-4-8-6-14(7-15)9(2-3-12(14)17)10(16)5-11(8)19-13/h8-9,11-13,15,17H,2-7H2,1H3/t8-,9?,11+,12-,13?,14+/m0/s1. The number of carbonyl (C=O) groups is 1. The smallest absolute Gasteiger partial charge is 0.157 e. The van der Waals surface area contributed by atoms with E-state index in [1.54, 1.807) is 7.11 Å². The lowest BCUT2D eigenvalue weighted by atomic mass is 9.71. The summed E-state index contributed by atoms with van der Waals surface area (Å²) in [5.74, 6) is 0.122. The first-order chi connectivity index (χ1) is 9.10. The molecule has 0 spiro atoms. The Balaban J connectivity index is 1.89. The summed E-state index contributed by atoms with van der Waals surface area (Å²) in [4.78, 5) is 12.4. The molecule has 5 heteroatoms. The van der Waals surface area contributed by atoms with Crippen molar-refractivity contribution in [2.75, 3.05) is 13.7 Å². The summed E-state index contributed by atoms with van der Waals surface area (Å²) in [5.41, 5.74) is -0.650. The third-order valence-electron chi connectivity index (χ3n) is 5.42. The van der Waals surface area contributed by atoms with E-state index in [0.29, 0.717) is 25.7 Å². The van der Waals surface area contributed by atoms with Gasteiger partial charge in [-0.1, -0.05) is 0 Å². The molecule has 3 rings (SSSR count). The van der Waals surface area contributed by atoms with Gasteiger partial charge in [0.15, 0.2) is 6.29 Å². The van der Waals surface area contributed by atoms with Crippen molar-refractivity contribution in [3.8, 4) is 0 Å². The fourth-order valence-electron chi connectivity index (χ4n) is 4.34. The van der Waals surface area contributed by atoms with E-state index in [2.05, 4.69) is 0 Å². The molecule has 3 aliphatic rings. The number of ether oxygens (including phenoxy) is 2. The molecular formula is C14H22O5. The minimum Gasteiger partial charge on any atom is -0.396 e. The summed E-state index contributed by atoms with van der Waals surface area (Å²) in [7, 11) is 1.60. The molecule has 2 saturated carbocycles. The molecule has 0 radical (unpaired) electrons. The van der Waals surface area contributed by atoms with Gasteiger partial charge in [-0.25, -0.2) is 0 Å². The third kappa shape index (κ3) is 1.95. The highest BCUT2D eigenvalue weighted by Crippen LogP contribution is 2.53. The maximum atomic E-state index is 12.4. The fourth-order valence-corrected chi connectivity index (χ4v) is 4.34. The number of hydrogen-bond donors (Lipinski definition) is 2. The minimum atomic E-state index is -0.650. The van der Waals surface area contributed by atoms with Crippen molar-refractivity contribution >= 4 is 5.78 Å². The number of methoxy groups -OCH3 is 1. The van der Waals surface area contributed by atoms with Crippen molar-refractivity contribution in [3.05, 3.63) is 0 Å². The highest BCUT2D eigenvalue weighted by Gasteiger charge is 2.57. The number of ketones is 1. The average molecular weight is 270 g/mol. The Morgan fingerprint density at radius 2 is 2.26 bits per heavy atom. The molecule has 0 aromatic heterocycles. The number of Topliss-reactive ketones (excluding diaryl/α,β-unsaturated/α-hetero) is 1. The Morgan fingerprint density at radius 3 is 2.95 bits per heavy atom. The van der Waals surface area contributed by atoms with Crippen molar-refractivity contribution in [1.82, 2.24) is 0 Å². The maximum Gasteiger partial charge on any atom is 0.157 e. The highest BCUT2D eigenvalue weighted by molar-refractivity contribution is 5.83. The van der Waals surface area contributed by atoms with E-state index in [0.717, 1.165) is 6.42 Å². The minimum absolute atomic E-state index is 0.112. The summed E-state index contributed by atoms with van der Waals surface area (Å²) in [6.45, 7) is -0.120. The van der Waals surface area contributed by atoms with Gasteiger partial charge in [0.25, 0.3) is 0 Å². The van der Waals surface area contributed by atoms with Gasteiger partial charge in [-0.05, 0) is 25.2 Å². The van der Waals surface area contributed by atoms with Crippen LogP contribution < -0.4 is 0 Å². The van der Waals surface area contributed by atoms with E-state index in [9.17, 15) is 15.0 Å². The van der Waals surface area contributed by atoms with Gasteiger partial charge in [-0.3, -0.25) is 4.79 Å². The van der Waals surface area contributed by atoms with Crippen molar-refractivity contribution < 1.29 is 24.5 Å². The SMILES string of the molecule is COC1C[C@H]2C[C@@]3(CO)C(CC[C@@H]3O)C(=O)C[C@H]2O1. The van der Waals surface area contributed by atoms with E-state index in [1.807, 2.05) is 0 Å². The molecule has 0 bridgehead atoms. The molecule has 0 aromatic carbocycles. The van der Waals surface area contributed by atoms with E-state index in [4.69, 9.17) is 9.47 Å². The van der Waals surface area contributed by atoms with Crippen LogP contribution >= 0.6 is 0 Å². The molecule has 1 heterocycles. The summed E-state index contributed by atoms with van der Waals surface area (Å²) in [6, 6.07) is 0. The molecule has 19 heavy (non-hydrogen) atoms. The molecule has 108 valence electrons. The van der Waals surface area contributed by atoms with Crippen molar-refractivity contribution in [1.29, 1.82) is 0 Å². The second kappa shape index (κ2) is 4.81. The zero-order valence-corrected chi connectivity index (χ0v) is 11.2. The second-order valence-electron chi connectivity index (χ2n) is 6.25. The fraction of sp³-hybridized carbons (Fsp3) is 0.929. The Morgan fingerprint density at radius 1 is 1.47 bits per heavy atom. The molecule has 2 aliphatic carbocycles. The Labute approximate surface area is 112 Å². The molecule has 5 nitrogen and oxygen atoms in total. The van der Waals surface area contributed by atoms with Crippen LogP contribution in [0.25, 0.3) is 0 Å². The van der Waals surface area contributed by atoms with Crippen LogP contribution in [0.4, 0.5) is 0 Å². The number of aliphatic hydroxyl groups excluding tert-OH is 2. The molecule has 3 fully saturated rings. The lowest BCUT2D eigenvalue weighted by Gasteiger charge is -2.36. The number of fused-ring (bicyclic) bond motifs is 2. The van der Waals surface area contributed by atoms with Crippen molar-refractivity contribution in [2.45, 2.75) is 50.6 Å². The zero-order valence-electron chi connectivity index (χ0n) is 11.2. The first kappa shape index (κ1) is 13.5. The normalized spacial score (nSPS) is 49.8. The van der Waals surface area contributed by atoms with Gasteiger partial charge in [-0.15, -0.1) is 0 Å². The van der Waals surface area contributed by atoms with Crippen LogP contribution in [0, 0.1) is 17.3 Å². The first-order valence-corrected chi connectivity index (χ1v) is 7.10.